The average molecular weight is 339 g/mol. The number of hydrogen-bond acceptors (Lipinski definition) is 4. The Morgan fingerprint density at radius 2 is 1.54 bits per heavy atom. The molecule has 0 rings (SSSR count). The molecule has 0 aliphatic rings. The maximum atomic E-state index is 11.6. The van der Waals surface area contributed by atoms with Crippen molar-refractivity contribution in [3.63, 3.8) is 0 Å². The highest BCUT2D eigenvalue weighted by molar-refractivity contribution is 5.89. The number of carbonyl (C=O) groups excluding carboxylic acids is 1. The summed E-state index contributed by atoms with van der Waals surface area (Å²) in [6.45, 7) is 2.07. The molecule has 1 N–H and O–H groups in total. The van der Waals surface area contributed by atoms with Gasteiger partial charge in [0, 0.05) is 25.3 Å². The van der Waals surface area contributed by atoms with E-state index in [4.69, 9.17) is 5.11 Å². The molecule has 0 aliphatic carbocycles. The van der Waals surface area contributed by atoms with E-state index < -0.39 is 10.9 Å². The fourth-order valence-corrected chi connectivity index (χ4v) is 2.25. The second-order valence-corrected chi connectivity index (χ2v) is 5.86. The number of unbranched alkanes of at least 4 members (excludes halogenated alkanes) is 6. The first-order valence-corrected chi connectivity index (χ1v) is 8.73. The lowest BCUT2D eigenvalue weighted by molar-refractivity contribution is -0.428. The van der Waals surface area contributed by atoms with Gasteiger partial charge in [0.1, 0.15) is 0 Å². The fraction of sp³-hybridized carbons (Fsp3) is 0.667. The molecule has 136 valence electrons. The van der Waals surface area contributed by atoms with Gasteiger partial charge in [0.15, 0.2) is 5.78 Å². The van der Waals surface area contributed by atoms with E-state index in [2.05, 4.69) is 6.92 Å². The highest BCUT2D eigenvalue weighted by Gasteiger charge is 2.08. The van der Waals surface area contributed by atoms with E-state index in [9.17, 15) is 19.7 Å². The van der Waals surface area contributed by atoms with Crippen molar-refractivity contribution >= 4 is 11.8 Å². The number of hydrogen-bond donors (Lipinski definition) is 1. The minimum absolute atomic E-state index is 0.000767. The van der Waals surface area contributed by atoms with E-state index in [1.807, 2.05) is 0 Å². The first kappa shape index (κ1) is 22.0. The van der Waals surface area contributed by atoms with Crippen molar-refractivity contribution in [3.8, 4) is 0 Å². The zero-order chi connectivity index (χ0) is 18.2. The summed E-state index contributed by atoms with van der Waals surface area (Å²) in [5.41, 5.74) is 0.109. The Kier molecular flexibility index (Phi) is 13.4. The zero-order valence-corrected chi connectivity index (χ0v) is 14.5. The highest BCUT2D eigenvalue weighted by atomic mass is 16.6. The van der Waals surface area contributed by atoms with E-state index in [0.29, 0.717) is 25.7 Å². The molecular formula is C18H29NO5. The second kappa shape index (κ2) is 14.6. The molecule has 6 heteroatoms. The van der Waals surface area contributed by atoms with Crippen LogP contribution in [0.2, 0.25) is 0 Å². The van der Waals surface area contributed by atoms with Gasteiger partial charge in [-0.2, -0.15) is 0 Å². The molecule has 6 nitrogen and oxygen atoms in total. The van der Waals surface area contributed by atoms with Crippen LogP contribution >= 0.6 is 0 Å². The molecule has 0 spiro atoms. The maximum Gasteiger partial charge on any atom is 0.303 e. The monoisotopic (exact) mass is 339 g/mol. The van der Waals surface area contributed by atoms with E-state index in [-0.39, 0.29) is 17.9 Å². The Labute approximate surface area is 143 Å². The second-order valence-electron chi connectivity index (χ2n) is 5.86. The van der Waals surface area contributed by atoms with Crippen molar-refractivity contribution in [1.82, 2.24) is 0 Å². The molecule has 0 aromatic rings. The van der Waals surface area contributed by atoms with Gasteiger partial charge in [-0.05, 0) is 25.3 Å². The van der Waals surface area contributed by atoms with Crippen LogP contribution in [0, 0.1) is 10.1 Å². The van der Waals surface area contributed by atoms with Crippen molar-refractivity contribution in [2.75, 3.05) is 0 Å². The summed E-state index contributed by atoms with van der Waals surface area (Å²) in [5.74, 6) is -0.787. The number of nitrogens with zero attached hydrogens (tertiary/aromatic N) is 1. The Hall–Kier alpha value is -1.98. The molecule has 0 atom stereocenters. The molecule has 0 aliphatic heterocycles. The molecular weight excluding hydrogens is 310 g/mol. The lowest BCUT2D eigenvalue weighted by Gasteiger charge is -2.00. The van der Waals surface area contributed by atoms with Crippen molar-refractivity contribution in [2.45, 2.75) is 77.6 Å². The van der Waals surface area contributed by atoms with Crippen LogP contribution in [0.15, 0.2) is 23.9 Å². The van der Waals surface area contributed by atoms with Crippen LogP contribution in [0.3, 0.4) is 0 Å². The van der Waals surface area contributed by atoms with Crippen molar-refractivity contribution < 1.29 is 19.6 Å². The first-order chi connectivity index (χ1) is 11.5. The van der Waals surface area contributed by atoms with E-state index in [1.165, 1.54) is 18.2 Å². The van der Waals surface area contributed by atoms with Crippen molar-refractivity contribution in [2.24, 2.45) is 0 Å². The largest absolute Gasteiger partial charge is 0.481 e. The first-order valence-electron chi connectivity index (χ1n) is 8.73. The lowest BCUT2D eigenvalue weighted by atomic mass is 10.1. The third-order valence-electron chi connectivity index (χ3n) is 3.66. The molecule has 0 aromatic carbocycles. The quantitative estimate of drug-likeness (QED) is 0.154. The molecule has 24 heavy (non-hydrogen) atoms. The van der Waals surface area contributed by atoms with Crippen LogP contribution in [0.5, 0.6) is 0 Å². The summed E-state index contributed by atoms with van der Waals surface area (Å²) < 4.78 is 0. The smallest absolute Gasteiger partial charge is 0.303 e. The van der Waals surface area contributed by atoms with Gasteiger partial charge in [-0.3, -0.25) is 19.7 Å². The Morgan fingerprint density at radius 1 is 0.958 bits per heavy atom. The van der Waals surface area contributed by atoms with E-state index >= 15 is 0 Å². The summed E-state index contributed by atoms with van der Waals surface area (Å²) in [7, 11) is 0. The molecule has 0 heterocycles. The highest BCUT2D eigenvalue weighted by Crippen LogP contribution is 2.12. The number of carboxylic acids is 1. The molecule has 0 bridgehead atoms. The van der Waals surface area contributed by atoms with Gasteiger partial charge in [-0.15, -0.1) is 0 Å². The van der Waals surface area contributed by atoms with Crippen molar-refractivity contribution in [1.29, 1.82) is 0 Å². The van der Waals surface area contributed by atoms with Gasteiger partial charge < -0.3 is 5.11 Å². The van der Waals surface area contributed by atoms with E-state index in [1.54, 1.807) is 0 Å². The standard InChI is InChI=1S/C18H29NO5/c1-2-3-7-13-17(20)14-10-12-16(19(23)24)11-8-5-4-6-9-15-18(21)22/h10,12,14H,2-9,11,13,15H2,1H3,(H,21,22)/b14-10+,16-12+. The van der Waals surface area contributed by atoms with Gasteiger partial charge in [-0.1, -0.05) is 45.1 Å². The SMILES string of the molecule is CCCCCC(=O)/C=C/C=C(\CCCCCCCC(=O)O)[N+](=O)[O-]. The minimum atomic E-state index is -0.787. The van der Waals surface area contributed by atoms with Crippen LogP contribution in [-0.4, -0.2) is 21.8 Å². The summed E-state index contributed by atoms with van der Waals surface area (Å²) in [4.78, 5) is 32.5. The van der Waals surface area contributed by atoms with Crippen molar-refractivity contribution in [3.05, 3.63) is 34.0 Å². The summed E-state index contributed by atoms with van der Waals surface area (Å²) in [6.07, 6.45) is 12.1. The minimum Gasteiger partial charge on any atom is -0.481 e. The van der Waals surface area contributed by atoms with Crippen LogP contribution in [0.1, 0.15) is 77.6 Å². The third-order valence-corrected chi connectivity index (χ3v) is 3.66. The normalized spacial score (nSPS) is 11.8. The Morgan fingerprint density at radius 3 is 2.12 bits per heavy atom. The van der Waals surface area contributed by atoms with Gasteiger partial charge in [0.05, 0.1) is 4.92 Å². The fourth-order valence-electron chi connectivity index (χ4n) is 2.25. The Balaban J connectivity index is 4.05. The van der Waals surface area contributed by atoms with Gasteiger partial charge >= 0.3 is 5.97 Å². The topological polar surface area (TPSA) is 97.5 Å². The molecule has 0 radical (unpaired) electrons. The van der Waals surface area contributed by atoms with Crippen LogP contribution in [0.25, 0.3) is 0 Å². The number of carbonyl (C=O) groups is 2. The van der Waals surface area contributed by atoms with Gasteiger partial charge in [-0.25, -0.2) is 0 Å². The predicted octanol–water partition coefficient (Wildman–Crippen LogP) is 4.67. The molecule has 0 amide bonds. The molecule has 0 saturated heterocycles. The third kappa shape index (κ3) is 13.7. The number of ketones is 1. The van der Waals surface area contributed by atoms with Crippen LogP contribution in [0.4, 0.5) is 0 Å². The van der Waals surface area contributed by atoms with Crippen LogP contribution < -0.4 is 0 Å². The number of nitro groups is 1. The molecule has 0 unspecified atom stereocenters. The number of rotatable bonds is 15. The maximum absolute atomic E-state index is 11.6. The van der Waals surface area contributed by atoms with Crippen LogP contribution in [-0.2, 0) is 9.59 Å². The molecule has 0 aromatic heterocycles. The predicted molar refractivity (Wildman–Crippen MR) is 93.3 cm³/mol. The van der Waals surface area contributed by atoms with Gasteiger partial charge in [0.2, 0.25) is 5.70 Å². The zero-order valence-electron chi connectivity index (χ0n) is 14.5. The summed E-state index contributed by atoms with van der Waals surface area (Å²) >= 11 is 0. The number of carboxylic acid groups (broad SMARTS) is 1. The number of aliphatic carboxylic acids is 1. The Bertz CT molecular complexity index is 454. The number of allylic oxidation sites excluding steroid dienone is 4. The summed E-state index contributed by atoms with van der Waals surface area (Å²) in [5, 5.41) is 19.5. The summed E-state index contributed by atoms with van der Waals surface area (Å²) in [6, 6.07) is 0. The molecule has 0 saturated carbocycles. The van der Waals surface area contributed by atoms with E-state index in [0.717, 1.165) is 38.5 Å². The average Bonchev–Trinajstić information content (AvgIpc) is 2.51. The molecule has 0 fully saturated rings. The lowest BCUT2D eigenvalue weighted by Crippen LogP contribution is -1.99. The van der Waals surface area contributed by atoms with Gasteiger partial charge in [0.25, 0.3) is 0 Å².